The molecule has 0 aromatic carbocycles. The summed E-state index contributed by atoms with van der Waals surface area (Å²) in [5.74, 6) is 0.286. The average molecular weight is 251 g/mol. The molecule has 1 N–H and O–H groups in total. The number of carboxylic acid groups (broad SMARTS) is 1. The molecule has 0 radical (unpaired) electrons. The highest BCUT2D eigenvalue weighted by molar-refractivity contribution is 5.78. The molecule has 1 aliphatic heterocycles. The molecular weight excluding hydrogens is 234 g/mol. The lowest BCUT2D eigenvalue weighted by atomic mass is 10.2. The number of carbonyl (C=O) groups is 1. The van der Waals surface area contributed by atoms with Crippen molar-refractivity contribution >= 4 is 11.8 Å². The number of carboxylic acids is 1. The standard InChI is InChI=1S/C12H17N3O3/c1-8(2)18-11-6-10(13-7-14-11)15-5-3-4-9(15)12(16)17/h6-9H,3-5H2,1-2H3,(H,16,17)/t9-/m0/s1. The smallest absolute Gasteiger partial charge is 0.326 e. The maximum atomic E-state index is 11.1. The molecule has 0 unspecified atom stereocenters. The molecule has 6 nitrogen and oxygen atoms in total. The molecule has 0 spiro atoms. The molecule has 98 valence electrons. The first-order valence-corrected chi connectivity index (χ1v) is 6.06. The maximum absolute atomic E-state index is 11.1. The van der Waals surface area contributed by atoms with Gasteiger partial charge in [0.1, 0.15) is 18.2 Å². The minimum Gasteiger partial charge on any atom is -0.480 e. The van der Waals surface area contributed by atoms with Crippen molar-refractivity contribution in [1.82, 2.24) is 9.97 Å². The van der Waals surface area contributed by atoms with Crippen molar-refractivity contribution in [1.29, 1.82) is 0 Å². The van der Waals surface area contributed by atoms with Crippen molar-refractivity contribution in [2.24, 2.45) is 0 Å². The van der Waals surface area contributed by atoms with Gasteiger partial charge in [0.15, 0.2) is 0 Å². The molecule has 0 saturated carbocycles. The summed E-state index contributed by atoms with van der Waals surface area (Å²) in [6.45, 7) is 4.53. The fourth-order valence-electron chi connectivity index (χ4n) is 2.09. The second-order valence-corrected chi connectivity index (χ2v) is 4.57. The van der Waals surface area contributed by atoms with Crippen molar-refractivity contribution in [2.75, 3.05) is 11.4 Å². The Balaban J connectivity index is 2.19. The highest BCUT2D eigenvalue weighted by atomic mass is 16.5. The third kappa shape index (κ3) is 2.69. The van der Waals surface area contributed by atoms with Crippen LogP contribution in [0.15, 0.2) is 12.4 Å². The maximum Gasteiger partial charge on any atom is 0.326 e. The number of hydrogen-bond donors (Lipinski definition) is 1. The van der Waals surface area contributed by atoms with E-state index in [9.17, 15) is 4.79 Å². The van der Waals surface area contributed by atoms with E-state index in [1.165, 1.54) is 6.33 Å². The third-order valence-electron chi connectivity index (χ3n) is 2.82. The number of nitrogens with zero attached hydrogens (tertiary/aromatic N) is 3. The van der Waals surface area contributed by atoms with Gasteiger partial charge in [0.05, 0.1) is 6.10 Å². The zero-order chi connectivity index (χ0) is 13.1. The summed E-state index contributed by atoms with van der Waals surface area (Å²) in [5, 5.41) is 9.14. The molecule has 1 aromatic heterocycles. The van der Waals surface area contributed by atoms with Crippen LogP contribution in [0.3, 0.4) is 0 Å². The molecule has 0 aliphatic carbocycles. The lowest BCUT2D eigenvalue weighted by molar-refractivity contribution is -0.138. The van der Waals surface area contributed by atoms with Crippen LogP contribution in [0.1, 0.15) is 26.7 Å². The van der Waals surface area contributed by atoms with Crippen LogP contribution >= 0.6 is 0 Å². The van der Waals surface area contributed by atoms with Crippen LogP contribution in [0, 0.1) is 0 Å². The predicted octanol–water partition coefficient (Wildman–Crippen LogP) is 1.32. The van der Waals surface area contributed by atoms with E-state index in [1.807, 2.05) is 13.8 Å². The monoisotopic (exact) mass is 251 g/mol. The number of aliphatic carboxylic acids is 1. The summed E-state index contributed by atoms with van der Waals surface area (Å²) in [6, 6.07) is 1.20. The minimum atomic E-state index is -0.808. The Morgan fingerprint density at radius 2 is 2.33 bits per heavy atom. The Hall–Kier alpha value is -1.85. The molecule has 1 aromatic rings. The zero-order valence-corrected chi connectivity index (χ0v) is 10.5. The van der Waals surface area contributed by atoms with Gasteiger partial charge in [-0.05, 0) is 26.7 Å². The van der Waals surface area contributed by atoms with Crippen molar-refractivity contribution < 1.29 is 14.6 Å². The van der Waals surface area contributed by atoms with Crippen LogP contribution in [0.25, 0.3) is 0 Å². The first-order chi connectivity index (χ1) is 8.58. The molecule has 0 amide bonds. The SMILES string of the molecule is CC(C)Oc1cc(N2CCC[C@H]2C(=O)O)ncn1. The van der Waals surface area contributed by atoms with Crippen molar-refractivity contribution in [3.8, 4) is 5.88 Å². The fourth-order valence-corrected chi connectivity index (χ4v) is 2.09. The number of hydrogen-bond acceptors (Lipinski definition) is 5. The summed E-state index contributed by atoms with van der Waals surface area (Å²) >= 11 is 0. The molecule has 2 heterocycles. The summed E-state index contributed by atoms with van der Waals surface area (Å²) in [7, 11) is 0. The molecular formula is C12H17N3O3. The number of ether oxygens (including phenoxy) is 1. The van der Waals surface area contributed by atoms with Crippen LogP contribution in [0.4, 0.5) is 5.82 Å². The topological polar surface area (TPSA) is 75.5 Å². The summed E-state index contributed by atoms with van der Waals surface area (Å²) in [4.78, 5) is 21.1. The van der Waals surface area contributed by atoms with E-state index in [0.717, 1.165) is 6.42 Å². The van der Waals surface area contributed by atoms with Gasteiger partial charge in [0, 0.05) is 12.6 Å². The quantitative estimate of drug-likeness (QED) is 0.869. The minimum absolute atomic E-state index is 0.0293. The van der Waals surface area contributed by atoms with Gasteiger partial charge in [-0.3, -0.25) is 0 Å². The van der Waals surface area contributed by atoms with Crippen LogP contribution in [0.2, 0.25) is 0 Å². The second-order valence-electron chi connectivity index (χ2n) is 4.57. The van der Waals surface area contributed by atoms with Gasteiger partial charge in [-0.1, -0.05) is 0 Å². The number of rotatable bonds is 4. The van der Waals surface area contributed by atoms with Gasteiger partial charge in [-0.2, -0.15) is 0 Å². The van der Waals surface area contributed by atoms with E-state index in [1.54, 1.807) is 11.0 Å². The van der Waals surface area contributed by atoms with Crippen molar-refractivity contribution in [2.45, 2.75) is 38.8 Å². The number of aromatic nitrogens is 2. The van der Waals surface area contributed by atoms with E-state index in [-0.39, 0.29) is 6.10 Å². The molecule has 18 heavy (non-hydrogen) atoms. The summed E-state index contributed by atoms with van der Waals surface area (Å²) in [5.41, 5.74) is 0. The van der Waals surface area contributed by atoms with Crippen molar-refractivity contribution in [3.63, 3.8) is 0 Å². The van der Waals surface area contributed by atoms with Crippen molar-refractivity contribution in [3.05, 3.63) is 12.4 Å². The van der Waals surface area contributed by atoms with Crippen LogP contribution < -0.4 is 9.64 Å². The summed E-state index contributed by atoms with van der Waals surface area (Å²) < 4.78 is 5.48. The van der Waals surface area contributed by atoms with E-state index in [2.05, 4.69) is 9.97 Å². The van der Waals surface area contributed by atoms with Gasteiger partial charge < -0.3 is 14.7 Å². The lowest BCUT2D eigenvalue weighted by Crippen LogP contribution is -2.36. The highest BCUT2D eigenvalue weighted by Crippen LogP contribution is 2.25. The lowest BCUT2D eigenvalue weighted by Gasteiger charge is -2.22. The van der Waals surface area contributed by atoms with Crippen LogP contribution in [-0.2, 0) is 4.79 Å². The van der Waals surface area contributed by atoms with Crippen LogP contribution in [-0.4, -0.2) is 39.7 Å². The van der Waals surface area contributed by atoms with Gasteiger partial charge >= 0.3 is 5.97 Å². The molecule has 1 saturated heterocycles. The predicted molar refractivity (Wildman–Crippen MR) is 65.8 cm³/mol. The zero-order valence-electron chi connectivity index (χ0n) is 10.5. The molecule has 6 heteroatoms. The number of anilines is 1. The highest BCUT2D eigenvalue weighted by Gasteiger charge is 2.31. The molecule has 1 atom stereocenters. The van der Waals surface area contributed by atoms with Gasteiger partial charge in [-0.25, -0.2) is 14.8 Å². The Labute approximate surface area is 106 Å². The van der Waals surface area contributed by atoms with E-state index >= 15 is 0 Å². The second kappa shape index (κ2) is 5.20. The first kappa shape index (κ1) is 12.6. The van der Waals surface area contributed by atoms with Gasteiger partial charge in [0.25, 0.3) is 0 Å². The average Bonchev–Trinajstić information content (AvgIpc) is 2.77. The van der Waals surface area contributed by atoms with Gasteiger partial charge in [-0.15, -0.1) is 0 Å². The van der Waals surface area contributed by atoms with E-state index in [4.69, 9.17) is 9.84 Å². The normalized spacial score (nSPS) is 19.3. The largest absolute Gasteiger partial charge is 0.480 e. The Morgan fingerprint density at radius 3 is 3.00 bits per heavy atom. The van der Waals surface area contributed by atoms with E-state index < -0.39 is 12.0 Å². The van der Waals surface area contributed by atoms with Crippen LogP contribution in [0.5, 0.6) is 5.88 Å². The Kier molecular flexibility index (Phi) is 3.64. The third-order valence-corrected chi connectivity index (χ3v) is 2.82. The fraction of sp³-hybridized carbons (Fsp3) is 0.583. The van der Waals surface area contributed by atoms with Gasteiger partial charge in [0.2, 0.25) is 5.88 Å². The molecule has 1 fully saturated rings. The molecule has 2 rings (SSSR count). The molecule has 0 bridgehead atoms. The first-order valence-electron chi connectivity index (χ1n) is 6.06. The molecule has 1 aliphatic rings. The Bertz CT molecular complexity index is 436. The Morgan fingerprint density at radius 1 is 1.56 bits per heavy atom. The summed E-state index contributed by atoms with van der Waals surface area (Å²) in [6.07, 6.45) is 2.95. The van der Waals surface area contributed by atoms with E-state index in [0.29, 0.717) is 24.7 Å².